The van der Waals surface area contributed by atoms with E-state index in [1.165, 1.54) is 0 Å². The molecule has 0 atom stereocenters. The Labute approximate surface area is 95.7 Å². The summed E-state index contributed by atoms with van der Waals surface area (Å²) in [6, 6.07) is 1.65. The molecule has 2 heterocycles. The van der Waals surface area contributed by atoms with Crippen molar-refractivity contribution in [3.05, 3.63) is 27.0 Å². The molecule has 16 heavy (non-hydrogen) atoms. The van der Waals surface area contributed by atoms with Gasteiger partial charge in [-0.1, -0.05) is 13.8 Å². The molecule has 0 saturated carbocycles. The summed E-state index contributed by atoms with van der Waals surface area (Å²) in [6.07, 6.45) is 0. The van der Waals surface area contributed by atoms with Crippen LogP contribution >= 0.6 is 12.2 Å². The van der Waals surface area contributed by atoms with Gasteiger partial charge >= 0.3 is 0 Å². The normalized spacial score (nSPS) is 10.9. The topological polar surface area (TPSA) is 87.6 Å². The Morgan fingerprint density at radius 1 is 1.38 bits per heavy atom. The zero-order valence-electron chi connectivity index (χ0n) is 8.77. The lowest BCUT2D eigenvalue weighted by Crippen LogP contribution is -2.13. The van der Waals surface area contributed by atoms with E-state index < -0.39 is 0 Å². The van der Waals surface area contributed by atoms with Gasteiger partial charge in [0.1, 0.15) is 5.56 Å². The van der Waals surface area contributed by atoms with E-state index in [-0.39, 0.29) is 22.2 Å². The maximum absolute atomic E-state index is 11.5. The van der Waals surface area contributed by atoms with Gasteiger partial charge in [0.2, 0.25) is 0 Å². The van der Waals surface area contributed by atoms with Gasteiger partial charge in [0.25, 0.3) is 16.3 Å². The van der Waals surface area contributed by atoms with E-state index in [4.69, 9.17) is 16.6 Å². The Hall–Kier alpha value is -1.76. The summed E-state index contributed by atoms with van der Waals surface area (Å²) in [7, 11) is 0. The van der Waals surface area contributed by atoms with Gasteiger partial charge in [0, 0.05) is 0 Å². The summed E-state index contributed by atoms with van der Waals surface area (Å²) in [6.45, 7) is 3.95. The van der Waals surface area contributed by atoms with Crippen LogP contribution in [0.1, 0.15) is 25.5 Å². The van der Waals surface area contributed by atoms with E-state index >= 15 is 0 Å². The standard InChI is InChI=1S/C9H10N4O2S/c1-4(2)6-3-5(7(14)11-10-6)8-12-13-9(16)15-8/h3-4H,1-2H3,(H,11,14)(H,13,16). The summed E-state index contributed by atoms with van der Waals surface area (Å²) in [4.78, 5) is 11.7. The van der Waals surface area contributed by atoms with Crippen LogP contribution in [0.4, 0.5) is 0 Å². The molecular formula is C9H10N4O2S. The van der Waals surface area contributed by atoms with E-state index in [1.807, 2.05) is 13.8 Å². The van der Waals surface area contributed by atoms with Crippen molar-refractivity contribution in [3.63, 3.8) is 0 Å². The minimum atomic E-state index is -0.352. The smallest absolute Gasteiger partial charge is 0.284 e. The molecule has 2 rings (SSSR count). The SMILES string of the molecule is CC(C)c1cc(-c2n[nH]c(=S)o2)c(=O)[nH]n1. The lowest BCUT2D eigenvalue weighted by Gasteiger charge is -2.03. The van der Waals surface area contributed by atoms with Crippen LogP contribution in [-0.4, -0.2) is 20.4 Å². The number of aromatic amines is 2. The largest absolute Gasteiger partial charge is 0.409 e. The lowest BCUT2D eigenvalue weighted by molar-refractivity contribution is 0.550. The summed E-state index contributed by atoms with van der Waals surface area (Å²) < 4.78 is 5.09. The highest BCUT2D eigenvalue weighted by atomic mass is 32.1. The van der Waals surface area contributed by atoms with Crippen LogP contribution in [0.2, 0.25) is 0 Å². The first-order chi connectivity index (χ1) is 7.58. The highest BCUT2D eigenvalue weighted by molar-refractivity contribution is 7.71. The Kier molecular flexibility index (Phi) is 2.69. The molecule has 0 unspecified atom stereocenters. The second-order valence-corrected chi connectivity index (χ2v) is 3.98. The average Bonchev–Trinajstić information content (AvgIpc) is 2.65. The molecule has 0 spiro atoms. The van der Waals surface area contributed by atoms with Gasteiger partial charge in [-0.2, -0.15) is 5.10 Å². The van der Waals surface area contributed by atoms with Crippen LogP contribution in [0, 0.1) is 4.84 Å². The fourth-order valence-corrected chi connectivity index (χ4v) is 1.35. The predicted molar refractivity (Wildman–Crippen MR) is 59.6 cm³/mol. The molecule has 0 aliphatic heterocycles. The molecule has 0 aliphatic carbocycles. The van der Waals surface area contributed by atoms with Crippen molar-refractivity contribution in [2.24, 2.45) is 0 Å². The van der Waals surface area contributed by atoms with Gasteiger partial charge in [-0.25, -0.2) is 10.2 Å². The number of hydrogen-bond acceptors (Lipinski definition) is 5. The molecule has 0 saturated heterocycles. The molecule has 7 heteroatoms. The van der Waals surface area contributed by atoms with E-state index in [0.29, 0.717) is 5.56 Å². The summed E-state index contributed by atoms with van der Waals surface area (Å²) in [5.74, 6) is 0.382. The van der Waals surface area contributed by atoms with Crippen molar-refractivity contribution >= 4 is 12.2 Å². The van der Waals surface area contributed by atoms with Crippen LogP contribution in [-0.2, 0) is 0 Å². The van der Waals surface area contributed by atoms with Crippen molar-refractivity contribution in [1.82, 2.24) is 20.4 Å². The molecule has 0 bridgehead atoms. The number of rotatable bonds is 2. The molecule has 84 valence electrons. The van der Waals surface area contributed by atoms with E-state index in [2.05, 4.69) is 20.4 Å². The Morgan fingerprint density at radius 2 is 2.12 bits per heavy atom. The first-order valence-corrected chi connectivity index (χ1v) is 5.14. The van der Waals surface area contributed by atoms with Crippen molar-refractivity contribution in [2.75, 3.05) is 0 Å². The molecule has 0 aliphatic rings. The van der Waals surface area contributed by atoms with Crippen molar-refractivity contribution in [2.45, 2.75) is 19.8 Å². The third-order valence-corrected chi connectivity index (χ3v) is 2.26. The summed E-state index contributed by atoms with van der Waals surface area (Å²) >= 11 is 4.75. The van der Waals surface area contributed by atoms with Gasteiger partial charge in [0.15, 0.2) is 0 Å². The van der Waals surface area contributed by atoms with Gasteiger partial charge in [-0.3, -0.25) is 4.79 Å². The molecule has 0 amide bonds. The van der Waals surface area contributed by atoms with Crippen LogP contribution < -0.4 is 5.56 Å². The van der Waals surface area contributed by atoms with Crippen LogP contribution in [0.5, 0.6) is 0 Å². The maximum Gasteiger partial charge on any atom is 0.284 e. The minimum Gasteiger partial charge on any atom is -0.409 e. The van der Waals surface area contributed by atoms with Gasteiger partial charge < -0.3 is 4.42 Å². The molecule has 0 fully saturated rings. The number of H-pyrrole nitrogens is 2. The van der Waals surface area contributed by atoms with Crippen LogP contribution in [0.15, 0.2) is 15.3 Å². The molecule has 0 radical (unpaired) electrons. The molecule has 6 nitrogen and oxygen atoms in total. The highest BCUT2D eigenvalue weighted by Crippen LogP contribution is 2.16. The summed E-state index contributed by atoms with van der Waals surface area (Å²) in [5.41, 5.74) is 0.736. The molecular weight excluding hydrogens is 228 g/mol. The third-order valence-electron chi connectivity index (χ3n) is 2.08. The minimum absolute atomic E-state index is 0.136. The predicted octanol–water partition coefficient (Wildman–Crippen LogP) is 1.61. The number of nitrogens with one attached hydrogen (secondary N) is 2. The quantitative estimate of drug-likeness (QED) is 0.776. The Bertz CT molecular complexity index is 610. The third kappa shape index (κ3) is 1.94. The maximum atomic E-state index is 11.5. The first kappa shape index (κ1) is 10.7. The molecule has 0 aromatic carbocycles. The second-order valence-electron chi connectivity index (χ2n) is 3.61. The summed E-state index contributed by atoms with van der Waals surface area (Å²) in [5, 5.41) is 12.6. The fourth-order valence-electron chi connectivity index (χ4n) is 1.22. The fraction of sp³-hybridized carbons (Fsp3) is 0.333. The van der Waals surface area contributed by atoms with Crippen LogP contribution in [0.25, 0.3) is 11.5 Å². The van der Waals surface area contributed by atoms with E-state index in [1.54, 1.807) is 6.07 Å². The van der Waals surface area contributed by atoms with Crippen molar-refractivity contribution in [3.8, 4) is 11.5 Å². The van der Waals surface area contributed by atoms with Gasteiger partial charge in [0.05, 0.1) is 5.69 Å². The zero-order chi connectivity index (χ0) is 11.7. The number of hydrogen-bond donors (Lipinski definition) is 2. The lowest BCUT2D eigenvalue weighted by atomic mass is 10.1. The van der Waals surface area contributed by atoms with Gasteiger partial charge in [-0.15, -0.1) is 5.10 Å². The van der Waals surface area contributed by atoms with Crippen molar-refractivity contribution in [1.29, 1.82) is 0 Å². The Balaban J connectivity index is 2.60. The number of aromatic nitrogens is 4. The van der Waals surface area contributed by atoms with E-state index in [0.717, 1.165) is 5.69 Å². The molecule has 2 aromatic rings. The average molecular weight is 238 g/mol. The Morgan fingerprint density at radius 3 is 2.69 bits per heavy atom. The second kappa shape index (κ2) is 4.01. The van der Waals surface area contributed by atoms with E-state index in [9.17, 15) is 4.79 Å². The van der Waals surface area contributed by atoms with Gasteiger partial charge in [-0.05, 0) is 24.2 Å². The highest BCUT2D eigenvalue weighted by Gasteiger charge is 2.12. The molecule has 2 aromatic heterocycles. The zero-order valence-corrected chi connectivity index (χ0v) is 9.59. The van der Waals surface area contributed by atoms with Crippen LogP contribution in [0.3, 0.4) is 0 Å². The first-order valence-electron chi connectivity index (χ1n) is 4.73. The number of nitrogens with zero attached hydrogens (tertiary/aromatic N) is 2. The monoisotopic (exact) mass is 238 g/mol. The van der Waals surface area contributed by atoms with Crippen molar-refractivity contribution < 1.29 is 4.42 Å². The molecule has 2 N–H and O–H groups in total.